The smallest absolute Gasteiger partial charge is 0.254 e. The third-order valence-electron chi connectivity index (χ3n) is 3.96. The van der Waals surface area contributed by atoms with E-state index >= 15 is 0 Å². The molecule has 2 aromatic rings. The van der Waals surface area contributed by atoms with Crippen LogP contribution in [0.4, 0.5) is 10.1 Å². The molecule has 2 aromatic carbocycles. The molecule has 4 heteroatoms. The molecule has 0 fully saturated rings. The number of hydrogen-bond donors (Lipinski definition) is 1. The van der Waals surface area contributed by atoms with Gasteiger partial charge < -0.3 is 10.6 Å². The SMILES string of the molecule is Cc1ccc(F)cc1C(=O)N1CCc2ccc(N)cc2C1. The molecule has 1 aliphatic heterocycles. The maximum atomic E-state index is 13.4. The van der Waals surface area contributed by atoms with E-state index in [0.29, 0.717) is 24.3 Å². The molecular weight excluding hydrogens is 267 g/mol. The van der Waals surface area contributed by atoms with Gasteiger partial charge in [-0.15, -0.1) is 0 Å². The molecule has 108 valence electrons. The molecule has 0 saturated carbocycles. The van der Waals surface area contributed by atoms with E-state index in [2.05, 4.69) is 0 Å². The van der Waals surface area contributed by atoms with Crippen LogP contribution < -0.4 is 5.73 Å². The van der Waals surface area contributed by atoms with Crippen molar-refractivity contribution in [2.24, 2.45) is 0 Å². The summed E-state index contributed by atoms with van der Waals surface area (Å²) in [5.74, 6) is -0.509. The Bertz CT molecular complexity index is 712. The zero-order valence-electron chi connectivity index (χ0n) is 11.9. The number of halogens is 1. The Balaban J connectivity index is 1.88. The maximum Gasteiger partial charge on any atom is 0.254 e. The second-order valence-corrected chi connectivity index (χ2v) is 5.46. The number of rotatable bonds is 1. The Kier molecular flexibility index (Phi) is 3.37. The van der Waals surface area contributed by atoms with Gasteiger partial charge in [-0.1, -0.05) is 12.1 Å². The Morgan fingerprint density at radius 3 is 2.81 bits per heavy atom. The number of carbonyl (C=O) groups excluding carboxylic acids is 1. The van der Waals surface area contributed by atoms with Gasteiger partial charge in [0, 0.05) is 24.3 Å². The highest BCUT2D eigenvalue weighted by Crippen LogP contribution is 2.23. The fourth-order valence-corrected chi connectivity index (χ4v) is 2.75. The van der Waals surface area contributed by atoms with Crippen molar-refractivity contribution in [1.82, 2.24) is 4.90 Å². The van der Waals surface area contributed by atoms with Gasteiger partial charge in [-0.25, -0.2) is 4.39 Å². The van der Waals surface area contributed by atoms with Gasteiger partial charge in [0.05, 0.1) is 0 Å². The van der Waals surface area contributed by atoms with E-state index in [-0.39, 0.29) is 11.7 Å². The first-order valence-corrected chi connectivity index (χ1v) is 6.97. The van der Waals surface area contributed by atoms with E-state index in [0.717, 1.165) is 17.5 Å². The van der Waals surface area contributed by atoms with E-state index in [1.54, 1.807) is 11.0 Å². The molecule has 0 aliphatic carbocycles. The minimum atomic E-state index is -0.384. The Labute approximate surface area is 123 Å². The molecular formula is C17H17FN2O. The van der Waals surface area contributed by atoms with Gasteiger partial charge in [-0.05, 0) is 54.3 Å². The molecule has 21 heavy (non-hydrogen) atoms. The number of fused-ring (bicyclic) bond motifs is 1. The van der Waals surface area contributed by atoms with Gasteiger partial charge in [-0.3, -0.25) is 4.79 Å². The van der Waals surface area contributed by atoms with Crippen LogP contribution in [0.5, 0.6) is 0 Å². The van der Waals surface area contributed by atoms with Crippen LogP contribution in [0.1, 0.15) is 27.0 Å². The largest absolute Gasteiger partial charge is 0.399 e. The fraction of sp³-hybridized carbons (Fsp3) is 0.235. The fourth-order valence-electron chi connectivity index (χ4n) is 2.75. The molecule has 0 radical (unpaired) electrons. The second kappa shape index (κ2) is 5.20. The molecule has 0 spiro atoms. The van der Waals surface area contributed by atoms with Crippen LogP contribution in [-0.4, -0.2) is 17.4 Å². The van der Waals surface area contributed by atoms with Crippen LogP contribution in [0.3, 0.4) is 0 Å². The summed E-state index contributed by atoms with van der Waals surface area (Å²) in [4.78, 5) is 14.3. The van der Waals surface area contributed by atoms with Gasteiger partial charge in [0.1, 0.15) is 5.82 Å². The number of nitrogens with two attached hydrogens (primary N) is 1. The number of benzene rings is 2. The predicted octanol–water partition coefficient (Wildman–Crippen LogP) is 2.91. The van der Waals surface area contributed by atoms with E-state index in [4.69, 9.17) is 5.73 Å². The van der Waals surface area contributed by atoms with Gasteiger partial charge in [0.15, 0.2) is 0 Å². The van der Waals surface area contributed by atoms with Gasteiger partial charge in [0.25, 0.3) is 5.91 Å². The number of amides is 1. The molecule has 0 saturated heterocycles. The third-order valence-corrected chi connectivity index (χ3v) is 3.96. The second-order valence-electron chi connectivity index (χ2n) is 5.46. The summed E-state index contributed by atoms with van der Waals surface area (Å²) >= 11 is 0. The highest BCUT2D eigenvalue weighted by atomic mass is 19.1. The van der Waals surface area contributed by atoms with Crippen molar-refractivity contribution in [3.05, 3.63) is 64.5 Å². The van der Waals surface area contributed by atoms with Gasteiger partial charge in [0.2, 0.25) is 0 Å². The predicted molar refractivity (Wildman–Crippen MR) is 80.4 cm³/mol. The molecule has 1 heterocycles. The van der Waals surface area contributed by atoms with Crippen molar-refractivity contribution in [3.8, 4) is 0 Å². The number of aryl methyl sites for hydroxylation is 1. The first-order chi connectivity index (χ1) is 10.0. The average molecular weight is 284 g/mol. The molecule has 0 bridgehead atoms. The van der Waals surface area contributed by atoms with Crippen LogP contribution in [0.15, 0.2) is 36.4 Å². The van der Waals surface area contributed by atoms with Crippen molar-refractivity contribution in [1.29, 1.82) is 0 Å². The standard InChI is InChI=1S/C17H17FN2O/c1-11-2-4-14(18)9-16(11)17(21)20-7-6-12-3-5-15(19)8-13(12)10-20/h2-5,8-9H,6-7,10,19H2,1H3. The van der Waals surface area contributed by atoms with Gasteiger partial charge in [-0.2, -0.15) is 0 Å². The number of anilines is 1. The van der Waals surface area contributed by atoms with Crippen LogP contribution in [0, 0.1) is 12.7 Å². The van der Waals surface area contributed by atoms with Crippen molar-refractivity contribution < 1.29 is 9.18 Å². The number of carbonyl (C=O) groups is 1. The Hall–Kier alpha value is -2.36. The Morgan fingerprint density at radius 2 is 2.00 bits per heavy atom. The normalized spacial score (nSPS) is 13.9. The van der Waals surface area contributed by atoms with E-state index < -0.39 is 0 Å². The zero-order valence-corrected chi connectivity index (χ0v) is 11.9. The van der Waals surface area contributed by atoms with Crippen molar-refractivity contribution in [2.45, 2.75) is 19.9 Å². The molecule has 3 nitrogen and oxygen atoms in total. The van der Waals surface area contributed by atoms with E-state index in [1.807, 2.05) is 25.1 Å². The summed E-state index contributed by atoms with van der Waals surface area (Å²) in [6.07, 6.45) is 0.801. The highest BCUT2D eigenvalue weighted by Gasteiger charge is 2.23. The van der Waals surface area contributed by atoms with Crippen molar-refractivity contribution in [2.75, 3.05) is 12.3 Å². The number of nitrogen functional groups attached to an aromatic ring is 1. The maximum absolute atomic E-state index is 13.4. The monoisotopic (exact) mass is 284 g/mol. The van der Waals surface area contributed by atoms with Crippen LogP contribution in [0.25, 0.3) is 0 Å². The lowest BCUT2D eigenvalue weighted by Gasteiger charge is -2.29. The van der Waals surface area contributed by atoms with Crippen molar-refractivity contribution >= 4 is 11.6 Å². The molecule has 3 rings (SSSR count). The van der Waals surface area contributed by atoms with Crippen LogP contribution in [0.2, 0.25) is 0 Å². The quantitative estimate of drug-likeness (QED) is 0.818. The first kappa shape index (κ1) is 13.6. The first-order valence-electron chi connectivity index (χ1n) is 6.97. The molecule has 0 atom stereocenters. The number of nitrogens with zero attached hydrogens (tertiary/aromatic N) is 1. The summed E-state index contributed by atoms with van der Waals surface area (Å²) in [5.41, 5.74) is 10.0. The molecule has 0 aromatic heterocycles. The summed E-state index contributed by atoms with van der Waals surface area (Å²) in [7, 11) is 0. The highest BCUT2D eigenvalue weighted by molar-refractivity contribution is 5.95. The van der Waals surface area contributed by atoms with Crippen molar-refractivity contribution in [3.63, 3.8) is 0 Å². The molecule has 1 aliphatic rings. The lowest BCUT2D eigenvalue weighted by Crippen LogP contribution is -2.36. The van der Waals surface area contributed by atoms with Crippen LogP contribution in [-0.2, 0) is 13.0 Å². The zero-order chi connectivity index (χ0) is 15.0. The summed E-state index contributed by atoms with van der Waals surface area (Å²) < 4.78 is 13.4. The topological polar surface area (TPSA) is 46.3 Å². The molecule has 2 N–H and O–H groups in total. The summed E-state index contributed by atoms with van der Waals surface area (Å²) in [5, 5.41) is 0. The molecule has 1 amide bonds. The lowest BCUT2D eigenvalue weighted by molar-refractivity contribution is 0.0733. The summed E-state index contributed by atoms with van der Waals surface area (Å²) in [6.45, 7) is 2.99. The summed E-state index contributed by atoms with van der Waals surface area (Å²) in [6, 6.07) is 10.1. The van der Waals surface area contributed by atoms with Gasteiger partial charge >= 0.3 is 0 Å². The third kappa shape index (κ3) is 2.61. The lowest BCUT2D eigenvalue weighted by atomic mass is 9.98. The van der Waals surface area contributed by atoms with E-state index in [1.165, 1.54) is 17.7 Å². The Morgan fingerprint density at radius 1 is 1.19 bits per heavy atom. The minimum absolute atomic E-state index is 0.125. The molecule has 0 unspecified atom stereocenters. The van der Waals surface area contributed by atoms with E-state index in [9.17, 15) is 9.18 Å². The average Bonchev–Trinajstić information content (AvgIpc) is 2.48. The minimum Gasteiger partial charge on any atom is -0.399 e. The number of hydrogen-bond acceptors (Lipinski definition) is 2. The van der Waals surface area contributed by atoms with Crippen LogP contribution >= 0.6 is 0 Å².